The molecule has 3 aromatic carbocycles. The molecule has 29 heavy (non-hydrogen) atoms. The Morgan fingerprint density at radius 1 is 1.00 bits per heavy atom. The summed E-state index contributed by atoms with van der Waals surface area (Å²) in [6, 6.07) is 20.1. The van der Waals surface area contributed by atoms with Crippen molar-refractivity contribution in [2.75, 3.05) is 0 Å². The minimum atomic E-state index is -1.34. The summed E-state index contributed by atoms with van der Waals surface area (Å²) in [7, 11) is 0. The van der Waals surface area contributed by atoms with Crippen molar-refractivity contribution in [2.45, 2.75) is 6.10 Å². The van der Waals surface area contributed by atoms with E-state index in [1.54, 1.807) is 48.5 Å². The second-order valence-electron chi connectivity index (χ2n) is 6.02. The van der Waals surface area contributed by atoms with Crippen molar-refractivity contribution in [1.29, 1.82) is 0 Å². The van der Waals surface area contributed by atoms with E-state index in [1.165, 1.54) is 30.5 Å². The van der Waals surface area contributed by atoms with Crippen molar-refractivity contribution < 1.29 is 23.8 Å². The van der Waals surface area contributed by atoms with Gasteiger partial charge in [0, 0.05) is 0 Å². The van der Waals surface area contributed by atoms with Gasteiger partial charge < -0.3 is 9.84 Å². The average Bonchev–Trinajstić information content (AvgIpc) is 2.74. The summed E-state index contributed by atoms with van der Waals surface area (Å²) in [6.45, 7) is 0. The third-order valence-corrected chi connectivity index (χ3v) is 3.88. The molecule has 0 saturated carbocycles. The summed E-state index contributed by atoms with van der Waals surface area (Å²) in [5, 5.41) is 13.8. The lowest BCUT2D eigenvalue weighted by molar-refractivity contribution is -0.129. The van der Waals surface area contributed by atoms with Crippen LogP contribution in [0.5, 0.6) is 5.75 Å². The average molecular weight is 392 g/mol. The number of halogens is 1. The van der Waals surface area contributed by atoms with Gasteiger partial charge in [0.05, 0.1) is 11.8 Å². The Bertz CT molecular complexity index is 1040. The molecule has 0 fully saturated rings. The predicted molar refractivity (Wildman–Crippen MR) is 105 cm³/mol. The summed E-state index contributed by atoms with van der Waals surface area (Å²) < 4.78 is 18.4. The van der Waals surface area contributed by atoms with Gasteiger partial charge in [-0.15, -0.1) is 0 Å². The highest BCUT2D eigenvalue weighted by Crippen LogP contribution is 2.15. The van der Waals surface area contributed by atoms with E-state index in [2.05, 4.69) is 10.5 Å². The maximum absolute atomic E-state index is 13.2. The van der Waals surface area contributed by atoms with Crippen molar-refractivity contribution in [3.63, 3.8) is 0 Å². The Hall–Kier alpha value is -3.84. The molecule has 146 valence electrons. The third kappa shape index (κ3) is 5.57. The quantitative estimate of drug-likeness (QED) is 0.292. The first-order valence-corrected chi connectivity index (χ1v) is 8.66. The lowest BCUT2D eigenvalue weighted by Gasteiger charge is -2.08. The minimum Gasteiger partial charge on any atom is -0.423 e. The van der Waals surface area contributed by atoms with Crippen LogP contribution in [0, 0.1) is 5.82 Å². The molecule has 6 nitrogen and oxygen atoms in total. The summed E-state index contributed by atoms with van der Waals surface area (Å²) in [5.74, 6) is -1.67. The first kappa shape index (κ1) is 19.9. The normalized spacial score (nSPS) is 11.8. The monoisotopic (exact) mass is 392 g/mol. The largest absolute Gasteiger partial charge is 0.423 e. The van der Waals surface area contributed by atoms with Gasteiger partial charge in [-0.25, -0.2) is 14.6 Å². The van der Waals surface area contributed by atoms with Crippen molar-refractivity contribution in [1.82, 2.24) is 5.43 Å². The van der Waals surface area contributed by atoms with Crippen molar-refractivity contribution >= 4 is 18.1 Å². The molecule has 0 unspecified atom stereocenters. The van der Waals surface area contributed by atoms with E-state index >= 15 is 0 Å². The molecule has 0 radical (unpaired) electrons. The SMILES string of the molecule is O=C(Oc1cccc(/C=N\NC(=O)[C@H](O)c2ccccc2)c1)c1cccc(F)c1. The Kier molecular flexibility index (Phi) is 6.44. The molecule has 0 bridgehead atoms. The highest BCUT2D eigenvalue weighted by Gasteiger charge is 2.16. The number of carbonyl (C=O) groups is 2. The van der Waals surface area contributed by atoms with Crippen molar-refractivity contribution in [2.24, 2.45) is 5.10 Å². The molecule has 0 aliphatic carbocycles. The van der Waals surface area contributed by atoms with Crippen LogP contribution in [0.1, 0.15) is 27.6 Å². The van der Waals surface area contributed by atoms with Gasteiger partial charge in [-0.05, 0) is 41.5 Å². The standard InChI is InChI=1S/C22H17FN2O4/c23-18-10-5-9-17(13-18)22(28)29-19-11-4-6-15(12-19)14-24-25-21(27)20(26)16-7-2-1-3-8-16/h1-14,20,26H,(H,25,27)/b24-14-/t20-/m1/s1. The Morgan fingerprint density at radius 2 is 1.76 bits per heavy atom. The van der Waals surface area contributed by atoms with Crippen LogP contribution in [0.15, 0.2) is 84.0 Å². The van der Waals surface area contributed by atoms with E-state index in [1.807, 2.05) is 0 Å². The van der Waals surface area contributed by atoms with Crippen LogP contribution < -0.4 is 10.2 Å². The number of hydrogen-bond donors (Lipinski definition) is 2. The fraction of sp³-hybridized carbons (Fsp3) is 0.0455. The van der Waals surface area contributed by atoms with Gasteiger partial charge in [0.15, 0.2) is 6.10 Å². The lowest BCUT2D eigenvalue weighted by atomic mass is 10.1. The number of benzene rings is 3. The number of esters is 1. The fourth-order valence-electron chi connectivity index (χ4n) is 2.46. The number of carbonyl (C=O) groups excluding carboxylic acids is 2. The van der Waals surface area contributed by atoms with Crippen molar-refractivity contribution in [3.05, 3.63) is 101 Å². The Labute approximate surface area is 166 Å². The molecule has 3 rings (SSSR count). The molecule has 0 spiro atoms. The van der Waals surface area contributed by atoms with Crippen LogP contribution in [0.2, 0.25) is 0 Å². The number of hydrogen-bond acceptors (Lipinski definition) is 5. The highest BCUT2D eigenvalue weighted by atomic mass is 19.1. The fourth-order valence-corrected chi connectivity index (χ4v) is 2.46. The Balaban J connectivity index is 1.60. The van der Waals surface area contributed by atoms with Gasteiger partial charge in [-0.1, -0.05) is 48.5 Å². The number of nitrogens with one attached hydrogen (secondary N) is 1. The third-order valence-electron chi connectivity index (χ3n) is 3.88. The van der Waals surface area contributed by atoms with E-state index in [4.69, 9.17) is 4.74 Å². The zero-order valence-electron chi connectivity index (χ0n) is 15.2. The van der Waals surface area contributed by atoms with Crippen LogP contribution in [0.3, 0.4) is 0 Å². The van der Waals surface area contributed by atoms with Crippen LogP contribution >= 0.6 is 0 Å². The smallest absolute Gasteiger partial charge is 0.343 e. The first-order chi connectivity index (χ1) is 14.0. The molecule has 0 aromatic heterocycles. The minimum absolute atomic E-state index is 0.0891. The van der Waals surface area contributed by atoms with E-state index < -0.39 is 23.8 Å². The van der Waals surface area contributed by atoms with Gasteiger partial charge in [-0.2, -0.15) is 5.10 Å². The topological polar surface area (TPSA) is 88.0 Å². The molecule has 0 aliphatic heterocycles. The van der Waals surface area contributed by atoms with Gasteiger partial charge in [0.1, 0.15) is 11.6 Å². The van der Waals surface area contributed by atoms with Crippen molar-refractivity contribution in [3.8, 4) is 5.75 Å². The van der Waals surface area contributed by atoms with E-state index in [0.29, 0.717) is 11.1 Å². The zero-order chi connectivity index (χ0) is 20.6. The number of aliphatic hydroxyl groups excluding tert-OH is 1. The number of hydrazone groups is 1. The first-order valence-electron chi connectivity index (χ1n) is 8.66. The number of aliphatic hydroxyl groups is 1. The van der Waals surface area contributed by atoms with E-state index in [0.717, 1.165) is 6.07 Å². The second-order valence-corrected chi connectivity index (χ2v) is 6.02. The highest BCUT2D eigenvalue weighted by molar-refractivity contribution is 5.91. The number of nitrogens with zero attached hydrogens (tertiary/aromatic N) is 1. The maximum atomic E-state index is 13.2. The summed E-state index contributed by atoms with van der Waals surface area (Å²) in [5.41, 5.74) is 3.34. The molecule has 0 aliphatic rings. The zero-order valence-corrected chi connectivity index (χ0v) is 15.2. The van der Waals surface area contributed by atoms with Crippen LogP contribution in [-0.4, -0.2) is 23.2 Å². The molecule has 1 amide bonds. The molecule has 3 aromatic rings. The summed E-state index contributed by atoms with van der Waals surface area (Å²) in [4.78, 5) is 24.0. The number of ether oxygens (including phenoxy) is 1. The number of amides is 1. The molecular formula is C22H17FN2O4. The van der Waals surface area contributed by atoms with Crippen LogP contribution in [0.4, 0.5) is 4.39 Å². The lowest BCUT2D eigenvalue weighted by Crippen LogP contribution is -2.25. The Morgan fingerprint density at radius 3 is 2.52 bits per heavy atom. The van der Waals surface area contributed by atoms with E-state index in [-0.39, 0.29) is 11.3 Å². The van der Waals surface area contributed by atoms with Gasteiger partial charge in [0.25, 0.3) is 5.91 Å². The predicted octanol–water partition coefficient (Wildman–Crippen LogP) is 3.23. The van der Waals surface area contributed by atoms with Crippen LogP contribution in [-0.2, 0) is 4.79 Å². The second kappa shape index (κ2) is 9.38. The molecule has 2 N–H and O–H groups in total. The van der Waals surface area contributed by atoms with Crippen LogP contribution in [0.25, 0.3) is 0 Å². The van der Waals surface area contributed by atoms with Gasteiger partial charge >= 0.3 is 5.97 Å². The molecule has 0 saturated heterocycles. The number of rotatable bonds is 6. The molecule has 0 heterocycles. The van der Waals surface area contributed by atoms with E-state index in [9.17, 15) is 19.1 Å². The molecular weight excluding hydrogens is 375 g/mol. The molecule has 7 heteroatoms. The summed E-state index contributed by atoms with van der Waals surface area (Å²) >= 11 is 0. The maximum Gasteiger partial charge on any atom is 0.343 e. The summed E-state index contributed by atoms with van der Waals surface area (Å²) in [6.07, 6.45) is 0.00157. The molecule has 1 atom stereocenters. The van der Waals surface area contributed by atoms with Gasteiger partial charge in [-0.3, -0.25) is 4.79 Å². The van der Waals surface area contributed by atoms with Gasteiger partial charge in [0.2, 0.25) is 0 Å².